The molecule has 4 aromatic rings. The van der Waals surface area contributed by atoms with Gasteiger partial charge in [-0.3, -0.25) is 9.36 Å². The standard InChI is InChI=1S/C21H19N3O2S/c1-13-7-8-15-17(9-13)27-20-19(15)21(25)24(12-23-20)11-18-22-10-16(26-18)14-5-3-2-4-6-14/h2-6,10,12-13H,7-9,11H2,1H3/t13-/m1/s1. The van der Waals surface area contributed by atoms with Crippen molar-refractivity contribution in [3.05, 3.63) is 69.5 Å². The van der Waals surface area contributed by atoms with E-state index in [-0.39, 0.29) is 12.1 Å². The largest absolute Gasteiger partial charge is 0.439 e. The maximum Gasteiger partial charge on any atom is 0.262 e. The summed E-state index contributed by atoms with van der Waals surface area (Å²) in [6, 6.07) is 9.83. The number of oxazole rings is 1. The predicted molar refractivity (Wildman–Crippen MR) is 106 cm³/mol. The molecule has 0 fully saturated rings. The Morgan fingerprint density at radius 3 is 2.96 bits per heavy atom. The van der Waals surface area contributed by atoms with Crippen molar-refractivity contribution in [3.8, 4) is 11.3 Å². The molecule has 0 saturated heterocycles. The van der Waals surface area contributed by atoms with Gasteiger partial charge in [0.25, 0.3) is 5.56 Å². The maximum atomic E-state index is 13.1. The summed E-state index contributed by atoms with van der Waals surface area (Å²) >= 11 is 1.67. The SMILES string of the molecule is C[C@@H]1CCc2c(sc3ncn(Cc4ncc(-c5ccccc5)o4)c(=O)c23)C1. The average Bonchev–Trinajstić information content (AvgIpc) is 3.29. The van der Waals surface area contributed by atoms with Crippen molar-refractivity contribution in [1.29, 1.82) is 0 Å². The van der Waals surface area contributed by atoms with Crippen LogP contribution in [0.2, 0.25) is 0 Å². The molecule has 1 atom stereocenters. The molecule has 0 radical (unpaired) electrons. The van der Waals surface area contributed by atoms with E-state index in [1.54, 1.807) is 28.4 Å². The van der Waals surface area contributed by atoms with Gasteiger partial charge in [0.2, 0.25) is 5.89 Å². The van der Waals surface area contributed by atoms with Crippen LogP contribution in [0.25, 0.3) is 21.5 Å². The van der Waals surface area contributed by atoms with Gasteiger partial charge in [0.15, 0.2) is 5.76 Å². The van der Waals surface area contributed by atoms with E-state index in [9.17, 15) is 4.79 Å². The lowest BCUT2D eigenvalue weighted by Crippen LogP contribution is -2.22. The predicted octanol–water partition coefficient (Wildman–Crippen LogP) is 4.29. The molecule has 0 bridgehead atoms. The molecule has 0 spiro atoms. The number of hydrogen-bond donors (Lipinski definition) is 0. The molecule has 1 aliphatic carbocycles. The highest BCUT2D eigenvalue weighted by molar-refractivity contribution is 7.18. The molecule has 5 nitrogen and oxygen atoms in total. The van der Waals surface area contributed by atoms with Crippen molar-refractivity contribution in [2.45, 2.75) is 32.7 Å². The summed E-state index contributed by atoms with van der Waals surface area (Å²) in [5.74, 6) is 1.89. The lowest BCUT2D eigenvalue weighted by atomic mass is 9.89. The Labute approximate surface area is 160 Å². The van der Waals surface area contributed by atoms with Crippen LogP contribution in [0.4, 0.5) is 0 Å². The fourth-order valence-corrected chi connectivity index (χ4v) is 5.08. The van der Waals surface area contributed by atoms with E-state index in [2.05, 4.69) is 16.9 Å². The Balaban J connectivity index is 1.50. The number of benzene rings is 1. The third-order valence-electron chi connectivity index (χ3n) is 5.20. The smallest absolute Gasteiger partial charge is 0.262 e. The first-order valence-electron chi connectivity index (χ1n) is 9.19. The Kier molecular flexibility index (Phi) is 3.93. The van der Waals surface area contributed by atoms with Gasteiger partial charge in [-0.05, 0) is 30.7 Å². The number of aryl methyl sites for hydroxylation is 1. The van der Waals surface area contributed by atoms with E-state index in [4.69, 9.17) is 4.42 Å². The number of hydrogen-bond acceptors (Lipinski definition) is 5. The van der Waals surface area contributed by atoms with Gasteiger partial charge in [0.1, 0.15) is 11.4 Å². The van der Waals surface area contributed by atoms with Crippen LogP contribution in [-0.4, -0.2) is 14.5 Å². The van der Waals surface area contributed by atoms with Crippen LogP contribution < -0.4 is 5.56 Å². The van der Waals surface area contributed by atoms with Crippen LogP contribution in [0.1, 0.15) is 29.7 Å². The third kappa shape index (κ3) is 2.90. The van der Waals surface area contributed by atoms with Gasteiger partial charge in [0.05, 0.1) is 17.9 Å². The third-order valence-corrected chi connectivity index (χ3v) is 6.36. The van der Waals surface area contributed by atoms with Gasteiger partial charge in [0, 0.05) is 10.4 Å². The summed E-state index contributed by atoms with van der Waals surface area (Å²) in [7, 11) is 0. The van der Waals surface area contributed by atoms with E-state index >= 15 is 0 Å². The maximum absolute atomic E-state index is 13.1. The van der Waals surface area contributed by atoms with Crippen molar-refractivity contribution in [3.63, 3.8) is 0 Å². The molecule has 1 aliphatic rings. The number of thiophene rings is 1. The first kappa shape index (κ1) is 16.4. The lowest BCUT2D eigenvalue weighted by Gasteiger charge is -2.17. The first-order chi connectivity index (χ1) is 13.2. The molecule has 0 N–H and O–H groups in total. The molecular weight excluding hydrogens is 358 g/mol. The average molecular weight is 377 g/mol. The van der Waals surface area contributed by atoms with Gasteiger partial charge in [-0.25, -0.2) is 9.97 Å². The number of nitrogens with zero attached hydrogens (tertiary/aromatic N) is 3. The number of rotatable bonds is 3. The molecule has 1 aromatic carbocycles. The van der Waals surface area contributed by atoms with Gasteiger partial charge in [-0.15, -0.1) is 11.3 Å². The molecule has 3 heterocycles. The Morgan fingerprint density at radius 2 is 2.11 bits per heavy atom. The summed E-state index contributed by atoms with van der Waals surface area (Å²) in [5.41, 5.74) is 2.18. The Bertz CT molecular complexity index is 1170. The molecule has 27 heavy (non-hydrogen) atoms. The summed E-state index contributed by atoms with van der Waals surface area (Å²) in [5, 5.41) is 0.791. The summed E-state index contributed by atoms with van der Waals surface area (Å²) in [6.07, 6.45) is 6.47. The highest BCUT2D eigenvalue weighted by atomic mass is 32.1. The van der Waals surface area contributed by atoms with Crippen LogP contribution in [0.3, 0.4) is 0 Å². The molecule has 0 saturated carbocycles. The van der Waals surface area contributed by atoms with Crippen molar-refractivity contribution in [1.82, 2.24) is 14.5 Å². The quantitative estimate of drug-likeness (QED) is 0.534. The zero-order valence-electron chi connectivity index (χ0n) is 15.0. The van der Waals surface area contributed by atoms with Crippen LogP contribution >= 0.6 is 11.3 Å². The van der Waals surface area contributed by atoms with Crippen molar-refractivity contribution < 1.29 is 4.42 Å². The topological polar surface area (TPSA) is 60.9 Å². The minimum Gasteiger partial charge on any atom is -0.439 e. The van der Waals surface area contributed by atoms with Gasteiger partial charge in [-0.1, -0.05) is 37.3 Å². The van der Waals surface area contributed by atoms with Crippen molar-refractivity contribution in [2.75, 3.05) is 0 Å². The van der Waals surface area contributed by atoms with Crippen LogP contribution in [0, 0.1) is 5.92 Å². The van der Waals surface area contributed by atoms with E-state index in [1.807, 2.05) is 30.3 Å². The summed E-state index contributed by atoms with van der Waals surface area (Å²) in [4.78, 5) is 24.2. The van der Waals surface area contributed by atoms with E-state index in [1.165, 1.54) is 10.4 Å². The fourth-order valence-electron chi connectivity index (χ4n) is 3.74. The number of aromatic nitrogens is 3. The summed E-state index contributed by atoms with van der Waals surface area (Å²) < 4.78 is 7.46. The molecule has 3 aromatic heterocycles. The highest BCUT2D eigenvalue weighted by Crippen LogP contribution is 2.35. The van der Waals surface area contributed by atoms with E-state index in [0.717, 1.165) is 35.0 Å². The van der Waals surface area contributed by atoms with Gasteiger partial charge in [-0.2, -0.15) is 0 Å². The van der Waals surface area contributed by atoms with E-state index < -0.39 is 0 Å². The minimum atomic E-state index is 0.00603. The highest BCUT2D eigenvalue weighted by Gasteiger charge is 2.23. The monoisotopic (exact) mass is 377 g/mol. The van der Waals surface area contributed by atoms with Crippen LogP contribution in [-0.2, 0) is 19.4 Å². The normalized spacial score (nSPS) is 16.6. The zero-order valence-corrected chi connectivity index (χ0v) is 15.8. The minimum absolute atomic E-state index is 0.00603. The van der Waals surface area contributed by atoms with Gasteiger partial charge >= 0.3 is 0 Å². The second kappa shape index (κ2) is 6.46. The molecule has 0 amide bonds. The fraction of sp³-hybridized carbons (Fsp3) is 0.286. The Hall–Kier alpha value is -2.73. The zero-order chi connectivity index (χ0) is 18.4. The second-order valence-corrected chi connectivity index (χ2v) is 8.28. The lowest BCUT2D eigenvalue weighted by molar-refractivity contribution is 0.483. The molecule has 136 valence electrons. The molecule has 0 unspecified atom stereocenters. The van der Waals surface area contributed by atoms with Crippen molar-refractivity contribution in [2.24, 2.45) is 5.92 Å². The molecular formula is C21H19N3O2S. The van der Waals surface area contributed by atoms with Crippen LogP contribution in [0.15, 0.2) is 52.1 Å². The second-order valence-electron chi connectivity index (χ2n) is 7.19. The molecule has 0 aliphatic heterocycles. The number of fused-ring (bicyclic) bond motifs is 3. The van der Waals surface area contributed by atoms with Crippen molar-refractivity contribution >= 4 is 21.6 Å². The van der Waals surface area contributed by atoms with Gasteiger partial charge < -0.3 is 4.42 Å². The molecule has 6 heteroatoms. The summed E-state index contributed by atoms with van der Waals surface area (Å²) in [6.45, 7) is 2.56. The molecule has 5 rings (SSSR count). The first-order valence-corrected chi connectivity index (χ1v) is 10.0. The van der Waals surface area contributed by atoms with E-state index in [0.29, 0.717) is 17.6 Å². The van der Waals surface area contributed by atoms with Crippen LogP contribution in [0.5, 0.6) is 0 Å². The Morgan fingerprint density at radius 1 is 1.26 bits per heavy atom.